The SMILES string of the molecule is CC(O)CN(C)CC(=O)N1CCCC1c1cccs1. The molecule has 19 heavy (non-hydrogen) atoms. The Morgan fingerprint density at radius 2 is 2.47 bits per heavy atom. The first kappa shape index (κ1) is 14.5. The Kier molecular flexibility index (Phi) is 4.96. The molecule has 0 saturated carbocycles. The molecule has 2 unspecified atom stereocenters. The van der Waals surface area contributed by atoms with Crippen LogP contribution in [0.4, 0.5) is 0 Å². The third-order valence-corrected chi connectivity index (χ3v) is 4.40. The molecule has 106 valence electrons. The number of aliphatic hydroxyl groups is 1. The highest BCUT2D eigenvalue weighted by molar-refractivity contribution is 7.10. The first-order valence-electron chi connectivity index (χ1n) is 6.77. The van der Waals surface area contributed by atoms with E-state index in [0.29, 0.717) is 13.1 Å². The summed E-state index contributed by atoms with van der Waals surface area (Å²) >= 11 is 1.72. The molecule has 1 fully saturated rings. The Bertz CT molecular complexity index is 406. The molecule has 1 aliphatic heterocycles. The molecule has 1 aromatic heterocycles. The highest BCUT2D eigenvalue weighted by Crippen LogP contribution is 2.34. The van der Waals surface area contributed by atoms with E-state index < -0.39 is 6.10 Å². The summed E-state index contributed by atoms with van der Waals surface area (Å²) in [6.07, 6.45) is 1.74. The molecule has 1 saturated heterocycles. The average molecular weight is 282 g/mol. The lowest BCUT2D eigenvalue weighted by Crippen LogP contribution is -2.40. The van der Waals surface area contributed by atoms with Gasteiger partial charge in [-0.25, -0.2) is 0 Å². The molecular weight excluding hydrogens is 260 g/mol. The lowest BCUT2D eigenvalue weighted by molar-refractivity contribution is -0.133. The topological polar surface area (TPSA) is 43.8 Å². The van der Waals surface area contributed by atoms with Crippen LogP contribution in [0.1, 0.15) is 30.7 Å². The van der Waals surface area contributed by atoms with Crippen molar-refractivity contribution in [1.29, 1.82) is 0 Å². The zero-order chi connectivity index (χ0) is 13.8. The third kappa shape index (κ3) is 3.78. The largest absolute Gasteiger partial charge is 0.392 e. The van der Waals surface area contributed by atoms with E-state index in [-0.39, 0.29) is 11.9 Å². The fourth-order valence-electron chi connectivity index (χ4n) is 2.68. The van der Waals surface area contributed by atoms with Crippen LogP contribution in [-0.2, 0) is 4.79 Å². The number of likely N-dealkylation sites (N-methyl/N-ethyl adjacent to an activating group) is 1. The standard InChI is InChI=1S/C14H22N2O2S/c1-11(17)9-15(2)10-14(18)16-7-3-5-12(16)13-6-4-8-19-13/h4,6,8,11-12,17H,3,5,7,9-10H2,1-2H3. The van der Waals surface area contributed by atoms with Crippen molar-refractivity contribution in [2.45, 2.75) is 31.9 Å². The van der Waals surface area contributed by atoms with E-state index in [1.165, 1.54) is 4.88 Å². The Hall–Kier alpha value is -0.910. The summed E-state index contributed by atoms with van der Waals surface area (Å²) < 4.78 is 0. The van der Waals surface area contributed by atoms with Crippen LogP contribution >= 0.6 is 11.3 Å². The molecule has 2 rings (SSSR count). The summed E-state index contributed by atoms with van der Waals surface area (Å²) in [6, 6.07) is 4.41. The summed E-state index contributed by atoms with van der Waals surface area (Å²) in [7, 11) is 1.88. The van der Waals surface area contributed by atoms with Gasteiger partial charge in [0.2, 0.25) is 5.91 Å². The van der Waals surface area contributed by atoms with Gasteiger partial charge in [-0.15, -0.1) is 11.3 Å². The van der Waals surface area contributed by atoms with E-state index in [4.69, 9.17) is 0 Å². The molecule has 1 aliphatic rings. The molecule has 0 aliphatic carbocycles. The number of aliphatic hydroxyl groups excluding tert-OH is 1. The van der Waals surface area contributed by atoms with Crippen molar-refractivity contribution < 1.29 is 9.90 Å². The summed E-state index contributed by atoms with van der Waals surface area (Å²) in [5, 5.41) is 11.4. The second kappa shape index (κ2) is 6.50. The number of nitrogens with zero attached hydrogens (tertiary/aromatic N) is 2. The van der Waals surface area contributed by atoms with E-state index >= 15 is 0 Å². The lowest BCUT2D eigenvalue weighted by atomic mass is 10.2. The number of hydrogen-bond acceptors (Lipinski definition) is 4. The van der Waals surface area contributed by atoms with Gasteiger partial charge >= 0.3 is 0 Å². The normalized spacial score (nSPS) is 21.1. The van der Waals surface area contributed by atoms with Gasteiger partial charge in [-0.1, -0.05) is 6.07 Å². The van der Waals surface area contributed by atoms with Crippen molar-refractivity contribution in [3.05, 3.63) is 22.4 Å². The van der Waals surface area contributed by atoms with Gasteiger partial charge in [0.15, 0.2) is 0 Å². The average Bonchev–Trinajstić information content (AvgIpc) is 2.98. The number of thiophene rings is 1. The van der Waals surface area contributed by atoms with Crippen LogP contribution < -0.4 is 0 Å². The smallest absolute Gasteiger partial charge is 0.237 e. The maximum Gasteiger partial charge on any atom is 0.237 e. The van der Waals surface area contributed by atoms with Crippen molar-refractivity contribution in [3.8, 4) is 0 Å². The number of carbonyl (C=O) groups is 1. The number of amides is 1. The van der Waals surface area contributed by atoms with E-state index in [2.05, 4.69) is 11.4 Å². The minimum atomic E-state index is -0.399. The van der Waals surface area contributed by atoms with Gasteiger partial charge in [0.05, 0.1) is 18.7 Å². The Morgan fingerprint density at radius 1 is 1.68 bits per heavy atom. The second-order valence-electron chi connectivity index (χ2n) is 5.31. The minimum Gasteiger partial charge on any atom is -0.392 e. The Labute approximate surface area is 118 Å². The van der Waals surface area contributed by atoms with E-state index in [1.54, 1.807) is 18.3 Å². The van der Waals surface area contributed by atoms with Crippen LogP contribution in [0.5, 0.6) is 0 Å². The quantitative estimate of drug-likeness (QED) is 0.894. The van der Waals surface area contributed by atoms with Crippen molar-refractivity contribution in [1.82, 2.24) is 9.80 Å². The summed E-state index contributed by atoms with van der Waals surface area (Å²) in [4.78, 5) is 17.5. The van der Waals surface area contributed by atoms with Crippen LogP contribution in [0.2, 0.25) is 0 Å². The highest BCUT2D eigenvalue weighted by Gasteiger charge is 2.30. The summed E-state index contributed by atoms with van der Waals surface area (Å²) in [5.74, 6) is 0.166. The van der Waals surface area contributed by atoms with Crippen LogP contribution in [-0.4, -0.2) is 53.6 Å². The molecule has 4 nitrogen and oxygen atoms in total. The fraction of sp³-hybridized carbons (Fsp3) is 0.643. The van der Waals surface area contributed by atoms with Crippen LogP contribution in [0, 0.1) is 0 Å². The Balaban J connectivity index is 1.94. The number of rotatable bonds is 5. The molecule has 1 aromatic rings. The summed E-state index contributed by atoms with van der Waals surface area (Å²) in [6.45, 7) is 3.51. The zero-order valence-corrected chi connectivity index (χ0v) is 12.4. The lowest BCUT2D eigenvalue weighted by Gasteiger charge is -2.27. The Morgan fingerprint density at radius 3 is 3.11 bits per heavy atom. The molecule has 1 amide bonds. The van der Waals surface area contributed by atoms with Crippen molar-refractivity contribution in [2.75, 3.05) is 26.7 Å². The van der Waals surface area contributed by atoms with Gasteiger partial charge in [-0.3, -0.25) is 9.69 Å². The first-order chi connectivity index (χ1) is 9.08. The van der Waals surface area contributed by atoms with Gasteiger partial charge in [-0.05, 0) is 38.3 Å². The van der Waals surface area contributed by atoms with Gasteiger partial charge in [0.25, 0.3) is 0 Å². The molecule has 0 bridgehead atoms. The molecule has 0 spiro atoms. The van der Waals surface area contributed by atoms with Gasteiger partial charge in [0, 0.05) is 18.0 Å². The van der Waals surface area contributed by atoms with Crippen LogP contribution in [0.25, 0.3) is 0 Å². The van der Waals surface area contributed by atoms with E-state index in [9.17, 15) is 9.90 Å². The van der Waals surface area contributed by atoms with Crippen LogP contribution in [0.15, 0.2) is 17.5 Å². The monoisotopic (exact) mass is 282 g/mol. The van der Waals surface area contributed by atoms with Crippen LogP contribution in [0.3, 0.4) is 0 Å². The maximum absolute atomic E-state index is 12.4. The third-order valence-electron chi connectivity index (χ3n) is 3.43. The number of hydrogen-bond donors (Lipinski definition) is 1. The van der Waals surface area contributed by atoms with Gasteiger partial charge in [0.1, 0.15) is 0 Å². The number of carbonyl (C=O) groups excluding carboxylic acids is 1. The van der Waals surface area contributed by atoms with Crippen molar-refractivity contribution in [3.63, 3.8) is 0 Å². The highest BCUT2D eigenvalue weighted by atomic mass is 32.1. The fourth-order valence-corrected chi connectivity index (χ4v) is 3.55. The molecule has 1 N–H and O–H groups in total. The molecule has 2 heterocycles. The molecule has 5 heteroatoms. The predicted octanol–water partition coefficient (Wildman–Crippen LogP) is 1.72. The summed E-state index contributed by atoms with van der Waals surface area (Å²) in [5.41, 5.74) is 0. The molecular formula is C14H22N2O2S. The zero-order valence-electron chi connectivity index (χ0n) is 11.6. The van der Waals surface area contributed by atoms with Gasteiger partial charge < -0.3 is 10.0 Å². The maximum atomic E-state index is 12.4. The van der Waals surface area contributed by atoms with Crippen molar-refractivity contribution in [2.24, 2.45) is 0 Å². The molecule has 2 atom stereocenters. The first-order valence-corrected chi connectivity index (χ1v) is 7.65. The van der Waals surface area contributed by atoms with Gasteiger partial charge in [-0.2, -0.15) is 0 Å². The van der Waals surface area contributed by atoms with Crippen molar-refractivity contribution >= 4 is 17.2 Å². The predicted molar refractivity (Wildman–Crippen MR) is 77.2 cm³/mol. The minimum absolute atomic E-state index is 0.166. The second-order valence-corrected chi connectivity index (χ2v) is 6.29. The molecule has 0 radical (unpaired) electrons. The van der Waals surface area contributed by atoms with E-state index in [1.807, 2.05) is 22.9 Å². The molecule has 0 aromatic carbocycles. The van der Waals surface area contributed by atoms with E-state index in [0.717, 1.165) is 19.4 Å². The number of likely N-dealkylation sites (tertiary alicyclic amines) is 1.